The Labute approximate surface area is 87.3 Å². The van der Waals surface area contributed by atoms with Gasteiger partial charge >= 0.3 is 0 Å². The van der Waals surface area contributed by atoms with E-state index >= 15 is 0 Å². The maximum Gasteiger partial charge on any atom is 0.200 e. The largest absolute Gasteiger partial charge is 0.467 e. The number of furan rings is 1. The van der Waals surface area contributed by atoms with Crippen LogP contribution in [0.25, 0.3) is 0 Å². The molecule has 0 aliphatic carbocycles. The smallest absolute Gasteiger partial charge is 0.200 e. The van der Waals surface area contributed by atoms with Crippen LogP contribution in [0.2, 0.25) is 0 Å². The van der Waals surface area contributed by atoms with Gasteiger partial charge in [0, 0.05) is 0 Å². The van der Waals surface area contributed by atoms with Crippen molar-refractivity contribution in [2.75, 3.05) is 0 Å². The highest BCUT2D eigenvalue weighted by Gasteiger charge is 2.10. The van der Waals surface area contributed by atoms with Gasteiger partial charge in [-0.3, -0.25) is 5.32 Å². The first-order valence-electron chi connectivity index (χ1n) is 4.68. The van der Waals surface area contributed by atoms with Crippen molar-refractivity contribution in [3.63, 3.8) is 0 Å². The quantitative estimate of drug-likeness (QED) is 0.636. The Morgan fingerprint density at radius 3 is 3.13 bits per heavy atom. The van der Waals surface area contributed by atoms with Crippen LogP contribution >= 0.6 is 0 Å². The Balaban J connectivity index is 1.90. The minimum atomic E-state index is -0.148. The number of nitrogens with one attached hydrogen (secondary N) is 2. The molecule has 2 rings (SSSR count). The predicted molar refractivity (Wildman–Crippen MR) is 57.2 cm³/mol. The molecule has 0 amide bonds. The normalized spacial score (nSPS) is 20.2. The van der Waals surface area contributed by atoms with Gasteiger partial charge in [-0.25, -0.2) is 9.98 Å². The third-order valence-corrected chi connectivity index (χ3v) is 1.90. The molecule has 15 heavy (non-hydrogen) atoms. The van der Waals surface area contributed by atoms with Crippen molar-refractivity contribution in [2.24, 2.45) is 15.7 Å². The summed E-state index contributed by atoms with van der Waals surface area (Å²) in [5.74, 6) is 1.83. The van der Waals surface area contributed by atoms with E-state index < -0.39 is 0 Å². The summed E-state index contributed by atoms with van der Waals surface area (Å²) in [6, 6.07) is 3.73. The van der Waals surface area contributed by atoms with Gasteiger partial charge in [-0.1, -0.05) is 0 Å². The molecule has 0 saturated heterocycles. The summed E-state index contributed by atoms with van der Waals surface area (Å²) in [6.07, 6.45) is 1.48. The van der Waals surface area contributed by atoms with E-state index in [4.69, 9.17) is 10.2 Å². The highest BCUT2D eigenvalue weighted by Crippen LogP contribution is 2.00. The van der Waals surface area contributed by atoms with Crippen LogP contribution in [0.5, 0.6) is 0 Å². The minimum absolute atomic E-state index is 0.148. The van der Waals surface area contributed by atoms with Crippen molar-refractivity contribution in [1.29, 1.82) is 0 Å². The van der Waals surface area contributed by atoms with Crippen molar-refractivity contribution < 1.29 is 4.42 Å². The maximum atomic E-state index is 5.56. The molecule has 0 bridgehead atoms. The van der Waals surface area contributed by atoms with Crippen molar-refractivity contribution in [1.82, 2.24) is 10.6 Å². The number of hydrogen-bond acceptors (Lipinski definition) is 6. The van der Waals surface area contributed by atoms with Crippen LogP contribution in [0.4, 0.5) is 0 Å². The summed E-state index contributed by atoms with van der Waals surface area (Å²) in [5, 5.41) is 5.90. The lowest BCUT2D eigenvalue weighted by molar-refractivity contribution is 0.501. The predicted octanol–water partition coefficient (Wildman–Crippen LogP) is -0.0109. The van der Waals surface area contributed by atoms with Crippen LogP contribution in [-0.2, 0) is 6.54 Å². The van der Waals surface area contributed by atoms with Gasteiger partial charge in [-0.2, -0.15) is 0 Å². The molecule has 1 unspecified atom stereocenters. The van der Waals surface area contributed by atoms with Gasteiger partial charge in [0.1, 0.15) is 11.9 Å². The van der Waals surface area contributed by atoms with E-state index in [1.807, 2.05) is 19.1 Å². The lowest BCUT2D eigenvalue weighted by atomic mass is 10.4. The summed E-state index contributed by atoms with van der Waals surface area (Å²) >= 11 is 0. The molecule has 0 spiro atoms. The third-order valence-electron chi connectivity index (χ3n) is 1.90. The molecule has 1 aromatic rings. The van der Waals surface area contributed by atoms with E-state index in [-0.39, 0.29) is 6.17 Å². The second-order valence-electron chi connectivity index (χ2n) is 3.18. The second-order valence-corrected chi connectivity index (χ2v) is 3.18. The molecule has 1 aliphatic heterocycles. The van der Waals surface area contributed by atoms with Crippen LogP contribution in [0, 0.1) is 0 Å². The average Bonchev–Trinajstić information content (AvgIpc) is 2.65. The fourth-order valence-electron chi connectivity index (χ4n) is 1.28. The highest BCUT2D eigenvalue weighted by atomic mass is 16.3. The molecular formula is C9H13N5O. The number of nitrogens with two attached hydrogens (primary N) is 1. The Morgan fingerprint density at radius 2 is 2.47 bits per heavy atom. The van der Waals surface area contributed by atoms with Crippen LogP contribution in [-0.4, -0.2) is 18.1 Å². The summed E-state index contributed by atoms with van der Waals surface area (Å²) in [5.41, 5.74) is 5.56. The van der Waals surface area contributed by atoms with E-state index in [0.29, 0.717) is 18.5 Å². The molecule has 6 heteroatoms. The van der Waals surface area contributed by atoms with Crippen molar-refractivity contribution in [3.8, 4) is 0 Å². The maximum absolute atomic E-state index is 5.56. The van der Waals surface area contributed by atoms with Crippen LogP contribution < -0.4 is 16.4 Å². The fraction of sp³-hybridized carbons (Fsp3) is 0.333. The molecule has 0 aromatic carbocycles. The third kappa shape index (κ3) is 2.49. The number of hydrogen-bond donors (Lipinski definition) is 3. The van der Waals surface area contributed by atoms with Crippen molar-refractivity contribution in [3.05, 3.63) is 24.2 Å². The molecule has 1 atom stereocenters. The van der Waals surface area contributed by atoms with Gasteiger partial charge in [-0.05, 0) is 19.1 Å². The van der Waals surface area contributed by atoms with Crippen molar-refractivity contribution >= 4 is 11.9 Å². The van der Waals surface area contributed by atoms with E-state index in [2.05, 4.69) is 20.6 Å². The highest BCUT2D eigenvalue weighted by molar-refractivity contribution is 5.99. The number of guanidine groups is 2. The zero-order valence-electron chi connectivity index (χ0n) is 8.40. The lowest BCUT2D eigenvalue weighted by Crippen LogP contribution is -2.47. The average molecular weight is 207 g/mol. The van der Waals surface area contributed by atoms with Crippen molar-refractivity contribution in [2.45, 2.75) is 19.6 Å². The van der Waals surface area contributed by atoms with E-state index in [0.717, 1.165) is 5.76 Å². The van der Waals surface area contributed by atoms with E-state index in [9.17, 15) is 0 Å². The molecule has 0 saturated carbocycles. The van der Waals surface area contributed by atoms with E-state index in [1.54, 1.807) is 6.26 Å². The number of rotatable bonds is 2. The first kappa shape index (κ1) is 9.57. The minimum Gasteiger partial charge on any atom is -0.467 e. The van der Waals surface area contributed by atoms with Gasteiger partial charge in [0.05, 0.1) is 12.8 Å². The summed E-state index contributed by atoms with van der Waals surface area (Å²) in [6.45, 7) is 2.43. The number of nitrogens with zero attached hydrogens (tertiary/aromatic N) is 2. The first-order chi connectivity index (χ1) is 7.24. The van der Waals surface area contributed by atoms with Gasteiger partial charge in [0.2, 0.25) is 5.96 Å². The van der Waals surface area contributed by atoms with Gasteiger partial charge < -0.3 is 15.5 Å². The molecule has 80 valence electrons. The van der Waals surface area contributed by atoms with E-state index in [1.165, 1.54) is 0 Å². The Morgan fingerprint density at radius 1 is 1.60 bits per heavy atom. The number of aliphatic imine (C=N–C) groups is 2. The molecule has 1 aromatic heterocycles. The molecular weight excluding hydrogens is 194 g/mol. The topological polar surface area (TPSA) is 87.9 Å². The van der Waals surface area contributed by atoms with Crippen LogP contribution in [0.1, 0.15) is 12.7 Å². The lowest BCUT2D eigenvalue weighted by Gasteiger charge is -2.17. The molecule has 6 nitrogen and oxygen atoms in total. The summed E-state index contributed by atoms with van der Waals surface area (Å²) in [4.78, 5) is 8.23. The molecule has 4 N–H and O–H groups in total. The summed E-state index contributed by atoms with van der Waals surface area (Å²) in [7, 11) is 0. The fourth-order valence-corrected chi connectivity index (χ4v) is 1.28. The molecule has 1 aliphatic rings. The molecule has 0 fully saturated rings. The first-order valence-corrected chi connectivity index (χ1v) is 4.68. The zero-order valence-corrected chi connectivity index (χ0v) is 8.40. The molecule has 0 radical (unpaired) electrons. The monoisotopic (exact) mass is 207 g/mol. The Kier molecular flexibility index (Phi) is 2.57. The van der Waals surface area contributed by atoms with Gasteiger partial charge in [-0.15, -0.1) is 0 Å². The van der Waals surface area contributed by atoms with Gasteiger partial charge in [0.25, 0.3) is 0 Å². The molecule has 2 heterocycles. The second kappa shape index (κ2) is 4.04. The Hall–Kier alpha value is -1.98. The standard InChI is InChI=1S/C9H13N5O/c1-6-12-8(10)14-9(13-6)11-5-7-3-2-4-15-7/h2-4,6H,5H2,1H3,(H4,10,11,12,13,14). The zero-order chi connectivity index (χ0) is 10.7. The SMILES string of the molecule is CC1N=C(N)NC(NCc2ccco2)=N1. The van der Waals surface area contributed by atoms with Crippen LogP contribution in [0.3, 0.4) is 0 Å². The Bertz CT molecular complexity index is 381. The van der Waals surface area contributed by atoms with Crippen LogP contribution in [0.15, 0.2) is 32.8 Å². The summed E-state index contributed by atoms with van der Waals surface area (Å²) < 4.78 is 5.17. The van der Waals surface area contributed by atoms with Gasteiger partial charge in [0.15, 0.2) is 5.96 Å².